The van der Waals surface area contributed by atoms with Crippen LogP contribution in [0.15, 0.2) is 0 Å². The first-order valence-electron chi connectivity index (χ1n) is 4.96. The Balaban J connectivity index is 2.57. The molecule has 1 heterocycles. The van der Waals surface area contributed by atoms with E-state index in [1.165, 1.54) is 12.8 Å². The van der Waals surface area contributed by atoms with Gasteiger partial charge in [-0.2, -0.15) is 0 Å². The molecule has 1 atom stereocenters. The average molecular weight is 169 g/mol. The van der Waals surface area contributed by atoms with Crippen molar-refractivity contribution in [1.29, 1.82) is 0 Å². The fourth-order valence-corrected chi connectivity index (χ4v) is 2.00. The zero-order valence-corrected chi connectivity index (χ0v) is 8.34. The minimum absolute atomic E-state index is 0.325. The lowest BCUT2D eigenvalue weighted by molar-refractivity contribution is -0.132. The van der Waals surface area contributed by atoms with Crippen LogP contribution in [0.1, 0.15) is 40.0 Å². The minimum Gasteiger partial charge on any atom is -0.339 e. The highest BCUT2D eigenvalue weighted by atomic mass is 16.2. The first kappa shape index (κ1) is 9.56. The largest absolute Gasteiger partial charge is 0.339 e. The van der Waals surface area contributed by atoms with Gasteiger partial charge in [-0.05, 0) is 18.8 Å². The number of carbonyl (C=O) groups excluding carboxylic acids is 1. The molecule has 1 saturated heterocycles. The van der Waals surface area contributed by atoms with Crippen molar-refractivity contribution in [2.75, 3.05) is 6.54 Å². The third kappa shape index (κ3) is 1.79. The van der Waals surface area contributed by atoms with Crippen LogP contribution in [-0.4, -0.2) is 23.4 Å². The van der Waals surface area contributed by atoms with E-state index < -0.39 is 0 Å². The molecule has 0 radical (unpaired) electrons. The summed E-state index contributed by atoms with van der Waals surface area (Å²) < 4.78 is 0. The monoisotopic (exact) mass is 169 g/mol. The summed E-state index contributed by atoms with van der Waals surface area (Å²) in [5, 5.41) is 0. The number of rotatable bonds is 2. The molecule has 0 aromatic heterocycles. The molecule has 0 aromatic carbocycles. The SMILES string of the molecule is CCC(=O)N1CCCC1C(C)C. The maximum Gasteiger partial charge on any atom is 0.222 e. The molecule has 1 unspecified atom stereocenters. The van der Waals surface area contributed by atoms with Gasteiger partial charge in [0.1, 0.15) is 0 Å². The van der Waals surface area contributed by atoms with Gasteiger partial charge in [0.2, 0.25) is 5.91 Å². The summed E-state index contributed by atoms with van der Waals surface area (Å²) in [7, 11) is 0. The van der Waals surface area contributed by atoms with Crippen LogP contribution in [-0.2, 0) is 4.79 Å². The molecular weight excluding hydrogens is 150 g/mol. The van der Waals surface area contributed by atoms with E-state index in [0.29, 0.717) is 24.3 Å². The Morgan fingerprint density at radius 2 is 2.25 bits per heavy atom. The molecule has 0 aromatic rings. The molecule has 1 fully saturated rings. The number of likely N-dealkylation sites (tertiary alicyclic amines) is 1. The molecule has 1 aliphatic heterocycles. The van der Waals surface area contributed by atoms with E-state index >= 15 is 0 Å². The van der Waals surface area contributed by atoms with Crippen LogP contribution in [0.5, 0.6) is 0 Å². The molecule has 1 aliphatic rings. The average Bonchev–Trinajstić information content (AvgIpc) is 2.50. The lowest BCUT2D eigenvalue weighted by atomic mass is 10.0. The van der Waals surface area contributed by atoms with Crippen LogP contribution in [0.2, 0.25) is 0 Å². The summed E-state index contributed by atoms with van der Waals surface area (Å²) in [5.41, 5.74) is 0. The molecule has 1 rings (SSSR count). The van der Waals surface area contributed by atoms with Gasteiger partial charge >= 0.3 is 0 Å². The first-order valence-corrected chi connectivity index (χ1v) is 4.96. The second kappa shape index (κ2) is 3.92. The normalized spacial score (nSPS) is 23.7. The van der Waals surface area contributed by atoms with Gasteiger partial charge < -0.3 is 4.90 Å². The predicted molar refractivity (Wildman–Crippen MR) is 49.9 cm³/mol. The maximum absolute atomic E-state index is 11.5. The lowest BCUT2D eigenvalue weighted by Gasteiger charge is -2.27. The summed E-state index contributed by atoms with van der Waals surface area (Å²) in [6.07, 6.45) is 3.04. The molecule has 2 nitrogen and oxygen atoms in total. The maximum atomic E-state index is 11.5. The summed E-state index contributed by atoms with van der Waals surface area (Å²) in [6, 6.07) is 0.512. The predicted octanol–water partition coefficient (Wildman–Crippen LogP) is 2.04. The molecule has 1 amide bonds. The van der Waals surface area contributed by atoms with Crippen molar-refractivity contribution in [3.63, 3.8) is 0 Å². The standard InChI is InChI=1S/C10H19NO/c1-4-10(12)11-7-5-6-9(11)8(2)3/h8-9H,4-7H2,1-3H3. The van der Waals surface area contributed by atoms with Crippen molar-refractivity contribution in [1.82, 2.24) is 4.90 Å². The van der Waals surface area contributed by atoms with Crippen LogP contribution in [0, 0.1) is 5.92 Å². The van der Waals surface area contributed by atoms with Crippen molar-refractivity contribution >= 4 is 5.91 Å². The topological polar surface area (TPSA) is 20.3 Å². The second-order valence-electron chi connectivity index (χ2n) is 3.89. The Morgan fingerprint density at radius 3 is 2.75 bits per heavy atom. The third-order valence-corrected chi connectivity index (χ3v) is 2.69. The zero-order valence-electron chi connectivity index (χ0n) is 8.34. The van der Waals surface area contributed by atoms with Crippen LogP contribution in [0.3, 0.4) is 0 Å². The fourth-order valence-electron chi connectivity index (χ4n) is 2.00. The number of hydrogen-bond acceptors (Lipinski definition) is 1. The van der Waals surface area contributed by atoms with Gasteiger partial charge in [0, 0.05) is 19.0 Å². The molecule has 0 aliphatic carbocycles. The summed E-state index contributed by atoms with van der Waals surface area (Å²) in [5.74, 6) is 0.939. The van der Waals surface area contributed by atoms with E-state index in [4.69, 9.17) is 0 Å². The molecule has 12 heavy (non-hydrogen) atoms. The molecule has 0 spiro atoms. The van der Waals surface area contributed by atoms with Gasteiger partial charge in [0.15, 0.2) is 0 Å². The van der Waals surface area contributed by atoms with Crippen molar-refractivity contribution in [2.45, 2.75) is 46.1 Å². The number of nitrogens with zero attached hydrogens (tertiary/aromatic N) is 1. The van der Waals surface area contributed by atoms with Gasteiger partial charge in [0.05, 0.1) is 0 Å². The summed E-state index contributed by atoms with van der Waals surface area (Å²) in [4.78, 5) is 13.5. The van der Waals surface area contributed by atoms with Gasteiger partial charge in [-0.1, -0.05) is 20.8 Å². The molecule has 0 saturated carbocycles. The minimum atomic E-state index is 0.325. The summed E-state index contributed by atoms with van der Waals surface area (Å²) in [6.45, 7) is 7.32. The van der Waals surface area contributed by atoms with Crippen molar-refractivity contribution in [2.24, 2.45) is 5.92 Å². The van der Waals surface area contributed by atoms with Gasteiger partial charge in [-0.15, -0.1) is 0 Å². The fraction of sp³-hybridized carbons (Fsp3) is 0.900. The summed E-state index contributed by atoms with van der Waals surface area (Å²) >= 11 is 0. The Labute approximate surface area is 74.9 Å². The van der Waals surface area contributed by atoms with Crippen molar-refractivity contribution in [3.8, 4) is 0 Å². The van der Waals surface area contributed by atoms with E-state index in [2.05, 4.69) is 18.7 Å². The van der Waals surface area contributed by atoms with E-state index in [1.807, 2.05) is 6.92 Å². The number of hydrogen-bond donors (Lipinski definition) is 0. The highest BCUT2D eigenvalue weighted by Gasteiger charge is 2.29. The first-order chi connectivity index (χ1) is 5.66. The molecule has 0 bridgehead atoms. The zero-order chi connectivity index (χ0) is 9.14. The van der Waals surface area contributed by atoms with Crippen molar-refractivity contribution < 1.29 is 4.79 Å². The van der Waals surface area contributed by atoms with E-state index in [0.717, 1.165) is 6.54 Å². The Morgan fingerprint density at radius 1 is 1.58 bits per heavy atom. The molecule has 70 valence electrons. The quantitative estimate of drug-likeness (QED) is 0.619. The molecule has 2 heteroatoms. The number of carbonyl (C=O) groups is 1. The van der Waals surface area contributed by atoms with E-state index in [-0.39, 0.29) is 0 Å². The van der Waals surface area contributed by atoms with Crippen molar-refractivity contribution in [3.05, 3.63) is 0 Å². The van der Waals surface area contributed by atoms with Crippen LogP contribution in [0.4, 0.5) is 0 Å². The Bertz CT molecular complexity index is 165. The van der Waals surface area contributed by atoms with Crippen LogP contribution < -0.4 is 0 Å². The van der Waals surface area contributed by atoms with Gasteiger partial charge in [0.25, 0.3) is 0 Å². The van der Waals surface area contributed by atoms with E-state index in [9.17, 15) is 4.79 Å². The van der Waals surface area contributed by atoms with Crippen LogP contribution in [0.25, 0.3) is 0 Å². The lowest BCUT2D eigenvalue weighted by Crippen LogP contribution is -2.37. The Hall–Kier alpha value is -0.530. The molecule has 0 N–H and O–H groups in total. The number of amides is 1. The van der Waals surface area contributed by atoms with Gasteiger partial charge in [-0.3, -0.25) is 4.79 Å². The highest BCUT2D eigenvalue weighted by Crippen LogP contribution is 2.23. The second-order valence-corrected chi connectivity index (χ2v) is 3.89. The molecular formula is C10H19NO. The highest BCUT2D eigenvalue weighted by molar-refractivity contribution is 5.76. The smallest absolute Gasteiger partial charge is 0.222 e. The van der Waals surface area contributed by atoms with Gasteiger partial charge in [-0.25, -0.2) is 0 Å². The Kier molecular flexibility index (Phi) is 3.12. The van der Waals surface area contributed by atoms with Crippen LogP contribution >= 0.6 is 0 Å². The third-order valence-electron chi connectivity index (χ3n) is 2.69. The van der Waals surface area contributed by atoms with E-state index in [1.54, 1.807) is 0 Å².